The lowest BCUT2D eigenvalue weighted by Crippen LogP contribution is -2.51. The molecule has 0 bridgehead atoms. The van der Waals surface area contributed by atoms with Crippen molar-refractivity contribution in [2.24, 2.45) is 0 Å². The van der Waals surface area contributed by atoms with Gasteiger partial charge in [-0.15, -0.1) is 0 Å². The molecule has 0 N–H and O–H groups in total. The molecule has 1 aliphatic heterocycles. The van der Waals surface area contributed by atoms with Crippen LogP contribution in [0.2, 0.25) is 10.0 Å². The first-order valence-electron chi connectivity index (χ1n) is 9.09. The minimum atomic E-state index is -0.101. The first-order valence-corrected chi connectivity index (χ1v) is 9.85. The average molecular weight is 424 g/mol. The van der Waals surface area contributed by atoms with Gasteiger partial charge in [0.2, 0.25) is 5.91 Å². The standard InChI is InChI=1S/C20H23Cl2N3O3/c1-14-3-6-18(28-14)20(27)25-9-7-24(8-10-25)13-19(26)23(2)12-15-4-5-16(21)17(22)11-15/h3-6,11H,7-10,12-13H2,1-2H3. The van der Waals surface area contributed by atoms with Crippen molar-refractivity contribution in [1.82, 2.24) is 14.7 Å². The summed E-state index contributed by atoms with van der Waals surface area (Å²) in [6, 6.07) is 8.85. The lowest BCUT2D eigenvalue weighted by Gasteiger charge is -2.34. The zero-order valence-electron chi connectivity index (χ0n) is 16.0. The van der Waals surface area contributed by atoms with Crippen LogP contribution in [0.4, 0.5) is 0 Å². The molecule has 2 aromatic rings. The molecule has 8 heteroatoms. The van der Waals surface area contributed by atoms with E-state index in [9.17, 15) is 9.59 Å². The van der Waals surface area contributed by atoms with Gasteiger partial charge in [-0.3, -0.25) is 14.5 Å². The van der Waals surface area contributed by atoms with E-state index >= 15 is 0 Å². The number of carbonyl (C=O) groups excluding carboxylic acids is 2. The zero-order valence-corrected chi connectivity index (χ0v) is 17.5. The Hall–Kier alpha value is -2.02. The molecule has 0 atom stereocenters. The van der Waals surface area contributed by atoms with Crippen molar-refractivity contribution >= 4 is 35.0 Å². The largest absolute Gasteiger partial charge is 0.456 e. The molecule has 0 radical (unpaired) electrons. The van der Waals surface area contributed by atoms with Crippen molar-refractivity contribution in [2.75, 3.05) is 39.8 Å². The molecule has 2 heterocycles. The van der Waals surface area contributed by atoms with Crippen molar-refractivity contribution in [3.8, 4) is 0 Å². The summed E-state index contributed by atoms with van der Waals surface area (Å²) < 4.78 is 5.41. The fourth-order valence-electron chi connectivity index (χ4n) is 3.13. The number of nitrogens with zero attached hydrogens (tertiary/aromatic N) is 3. The van der Waals surface area contributed by atoms with Crippen LogP contribution in [0, 0.1) is 6.92 Å². The van der Waals surface area contributed by atoms with Gasteiger partial charge in [0.15, 0.2) is 5.76 Å². The van der Waals surface area contributed by atoms with Gasteiger partial charge in [0.1, 0.15) is 5.76 Å². The second-order valence-corrected chi connectivity index (χ2v) is 7.79. The molecule has 3 rings (SSSR count). The number of carbonyl (C=O) groups is 2. The molecule has 0 aliphatic carbocycles. The molecule has 1 aliphatic rings. The first-order chi connectivity index (χ1) is 13.3. The highest BCUT2D eigenvalue weighted by molar-refractivity contribution is 6.42. The Bertz CT molecular complexity index is 860. The van der Waals surface area contributed by atoms with Gasteiger partial charge in [-0.2, -0.15) is 0 Å². The molecular formula is C20H23Cl2N3O3. The Kier molecular flexibility index (Phi) is 6.65. The summed E-state index contributed by atoms with van der Waals surface area (Å²) in [4.78, 5) is 30.5. The van der Waals surface area contributed by atoms with Crippen molar-refractivity contribution in [1.29, 1.82) is 0 Å². The lowest BCUT2D eigenvalue weighted by atomic mass is 10.2. The Balaban J connectivity index is 1.47. The maximum atomic E-state index is 12.5. The predicted octanol–water partition coefficient (Wildman–Crippen LogP) is 3.31. The van der Waals surface area contributed by atoms with E-state index in [0.717, 1.165) is 11.3 Å². The van der Waals surface area contributed by atoms with Crippen LogP contribution in [0.15, 0.2) is 34.7 Å². The number of hydrogen-bond donors (Lipinski definition) is 0. The van der Waals surface area contributed by atoms with E-state index in [4.69, 9.17) is 27.6 Å². The van der Waals surface area contributed by atoms with E-state index in [0.29, 0.717) is 55.1 Å². The van der Waals surface area contributed by atoms with Crippen LogP contribution >= 0.6 is 23.2 Å². The molecule has 1 saturated heterocycles. The molecule has 1 fully saturated rings. The third-order valence-corrected chi connectivity index (χ3v) is 5.54. The summed E-state index contributed by atoms with van der Waals surface area (Å²) >= 11 is 12.0. The monoisotopic (exact) mass is 423 g/mol. The summed E-state index contributed by atoms with van der Waals surface area (Å²) in [5.41, 5.74) is 0.925. The number of hydrogen-bond acceptors (Lipinski definition) is 4. The fourth-order valence-corrected chi connectivity index (χ4v) is 3.45. The summed E-state index contributed by atoms with van der Waals surface area (Å²) in [5, 5.41) is 0.976. The highest BCUT2D eigenvalue weighted by Gasteiger charge is 2.25. The van der Waals surface area contributed by atoms with Crippen LogP contribution in [0.5, 0.6) is 0 Å². The Labute approximate surface area is 174 Å². The van der Waals surface area contributed by atoms with Crippen LogP contribution in [0.3, 0.4) is 0 Å². The van der Waals surface area contributed by atoms with Gasteiger partial charge in [-0.05, 0) is 36.8 Å². The van der Waals surface area contributed by atoms with E-state index in [2.05, 4.69) is 4.90 Å². The smallest absolute Gasteiger partial charge is 0.289 e. The Morgan fingerprint density at radius 2 is 1.79 bits per heavy atom. The fraction of sp³-hybridized carbons (Fsp3) is 0.400. The van der Waals surface area contributed by atoms with Crippen molar-refractivity contribution in [3.63, 3.8) is 0 Å². The number of amides is 2. The Morgan fingerprint density at radius 3 is 2.39 bits per heavy atom. The minimum absolute atomic E-state index is 0.0208. The maximum Gasteiger partial charge on any atom is 0.289 e. The van der Waals surface area contributed by atoms with Gasteiger partial charge in [0, 0.05) is 39.8 Å². The molecule has 0 spiro atoms. The lowest BCUT2D eigenvalue weighted by molar-refractivity contribution is -0.132. The van der Waals surface area contributed by atoms with Crippen LogP contribution in [-0.4, -0.2) is 66.3 Å². The van der Waals surface area contributed by atoms with Gasteiger partial charge in [-0.1, -0.05) is 29.3 Å². The molecular weight excluding hydrogens is 401 g/mol. The van der Waals surface area contributed by atoms with Crippen molar-refractivity contribution in [3.05, 3.63) is 57.5 Å². The number of furan rings is 1. The van der Waals surface area contributed by atoms with Crippen LogP contribution in [-0.2, 0) is 11.3 Å². The highest BCUT2D eigenvalue weighted by atomic mass is 35.5. The predicted molar refractivity (Wildman–Crippen MR) is 109 cm³/mol. The SMILES string of the molecule is Cc1ccc(C(=O)N2CCN(CC(=O)N(C)Cc3ccc(Cl)c(Cl)c3)CC2)o1. The van der Waals surface area contributed by atoms with Crippen molar-refractivity contribution < 1.29 is 14.0 Å². The highest BCUT2D eigenvalue weighted by Crippen LogP contribution is 2.23. The summed E-state index contributed by atoms with van der Waals surface area (Å²) in [5.74, 6) is 1.00. The van der Waals surface area contributed by atoms with Crippen LogP contribution in [0.25, 0.3) is 0 Å². The summed E-state index contributed by atoms with van der Waals surface area (Å²) in [7, 11) is 1.77. The molecule has 1 aromatic heterocycles. The van der Waals surface area contributed by atoms with Crippen molar-refractivity contribution in [2.45, 2.75) is 13.5 Å². The van der Waals surface area contributed by atoms with Crippen LogP contribution in [0.1, 0.15) is 21.9 Å². The van der Waals surface area contributed by atoms with Crippen LogP contribution < -0.4 is 0 Å². The van der Waals surface area contributed by atoms with E-state index in [-0.39, 0.29) is 11.8 Å². The second kappa shape index (κ2) is 8.99. The van der Waals surface area contributed by atoms with E-state index in [1.54, 1.807) is 41.1 Å². The number of likely N-dealkylation sites (N-methyl/N-ethyl adjacent to an activating group) is 1. The zero-order chi connectivity index (χ0) is 20.3. The van der Waals surface area contributed by atoms with Gasteiger partial charge in [0.05, 0.1) is 16.6 Å². The van der Waals surface area contributed by atoms with E-state index in [1.165, 1.54) is 0 Å². The van der Waals surface area contributed by atoms with Gasteiger partial charge in [0.25, 0.3) is 5.91 Å². The molecule has 0 unspecified atom stereocenters. The minimum Gasteiger partial charge on any atom is -0.456 e. The quantitative estimate of drug-likeness (QED) is 0.739. The third-order valence-electron chi connectivity index (χ3n) is 4.80. The summed E-state index contributed by atoms with van der Waals surface area (Å²) in [6.45, 7) is 5.04. The normalized spacial score (nSPS) is 14.9. The molecule has 150 valence electrons. The molecule has 28 heavy (non-hydrogen) atoms. The number of aryl methyl sites for hydroxylation is 1. The number of rotatable bonds is 5. The maximum absolute atomic E-state index is 12.5. The molecule has 0 saturated carbocycles. The van der Waals surface area contributed by atoms with Gasteiger partial charge < -0.3 is 14.2 Å². The van der Waals surface area contributed by atoms with Gasteiger partial charge >= 0.3 is 0 Å². The number of benzene rings is 1. The van der Waals surface area contributed by atoms with E-state index < -0.39 is 0 Å². The number of piperazine rings is 1. The average Bonchev–Trinajstić information content (AvgIpc) is 3.11. The Morgan fingerprint density at radius 1 is 1.07 bits per heavy atom. The molecule has 2 amide bonds. The molecule has 6 nitrogen and oxygen atoms in total. The summed E-state index contributed by atoms with van der Waals surface area (Å²) in [6.07, 6.45) is 0. The molecule has 1 aromatic carbocycles. The number of halogens is 2. The topological polar surface area (TPSA) is 57.0 Å². The van der Waals surface area contributed by atoms with E-state index in [1.807, 2.05) is 13.0 Å². The second-order valence-electron chi connectivity index (χ2n) is 6.98. The first kappa shape index (κ1) is 20.7. The third kappa shape index (κ3) is 5.07. The van der Waals surface area contributed by atoms with Gasteiger partial charge in [-0.25, -0.2) is 0 Å².